The molecular weight excluding hydrogens is 240 g/mol. The fourth-order valence-electron chi connectivity index (χ4n) is 2.44. The molecule has 1 aliphatic heterocycles. The maximum atomic E-state index is 8.76. The topological polar surface area (TPSA) is 58.7 Å². The molecule has 3 N–H and O–H groups in total. The van der Waals surface area contributed by atoms with E-state index in [-0.39, 0.29) is 0 Å². The highest BCUT2D eigenvalue weighted by atomic mass is 16.5. The highest BCUT2D eigenvalue weighted by Crippen LogP contribution is 2.35. The summed E-state index contributed by atoms with van der Waals surface area (Å²) >= 11 is 0. The molecule has 1 aromatic carbocycles. The van der Waals surface area contributed by atoms with Crippen LogP contribution in [0.3, 0.4) is 0 Å². The number of nitrogens with zero attached hydrogens (tertiary/aromatic N) is 1. The van der Waals surface area contributed by atoms with Gasteiger partial charge in [0.05, 0.1) is 12.2 Å². The number of benzene rings is 1. The monoisotopic (exact) mass is 264 g/mol. The molecule has 1 aliphatic rings. The zero-order valence-corrected chi connectivity index (χ0v) is 11.7. The maximum Gasteiger partial charge on any atom is 0.144 e. The Morgan fingerprint density at radius 3 is 2.84 bits per heavy atom. The van der Waals surface area contributed by atoms with Crippen molar-refractivity contribution in [2.24, 2.45) is 0 Å². The molecule has 0 radical (unpaired) electrons. The average molecular weight is 264 g/mol. The molecule has 4 nitrogen and oxygen atoms in total. The van der Waals surface area contributed by atoms with Gasteiger partial charge in [0, 0.05) is 24.9 Å². The Bertz CT molecular complexity index is 421. The number of nitrogen functional groups attached to an aromatic ring is 1. The second-order valence-electron chi connectivity index (χ2n) is 5.15. The lowest BCUT2D eigenvalue weighted by molar-refractivity contribution is 0.282. The van der Waals surface area contributed by atoms with Crippen molar-refractivity contribution in [3.05, 3.63) is 17.7 Å². The van der Waals surface area contributed by atoms with Crippen LogP contribution in [0, 0.1) is 6.92 Å². The predicted molar refractivity (Wildman–Crippen MR) is 78.9 cm³/mol. The number of nitrogens with two attached hydrogens (primary N) is 1. The molecule has 19 heavy (non-hydrogen) atoms. The Morgan fingerprint density at radius 2 is 2.05 bits per heavy atom. The number of ether oxygens (including phenoxy) is 1. The molecule has 0 bridgehead atoms. The standard InChI is InChI=1S/C15H24N2O2/c1-12-10-14-15(11-13(12)16)19-9-7-17(14)6-4-2-3-5-8-18/h10-11,18H,2-9,16H2,1H3. The lowest BCUT2D eigenvalue weighted by Crippen LogP contribution is -2.33. The van der Waals surface area contributed by atoms with Gasteiger partial charge in [0.25, 0.3) is 0 Å². The number of hydrogen-bond donors (Lipinski definition) is 2. The van der Waals surface area contributed by atoms with Gasteiger partial charge in [0.15, 0.2) is 0 Å². The van der Waals surface area contributed by atoms with Crippen molar-refractivity contribution in [1.29, 1.82) is 0 Å². The molecule has 0 amide bonds. The molecule has 1 aromatic rings. The van der Waals surface area contributed by atoms with E-state index in [0.717, 1.165) is 56.0 Å². The van der Waals surface area contributed by atoms with Gasteiger partial charge >= 0.3 is 0 Å². The van der Waals surface area contributed by atoms with E-state index in [2.05, 4.69) is 11.0 Å². The summed E-state index contributed by atoms with van der Waals surface area (Å²) in [7, 11) is 0. The highest BCUT2D eigenvalue weighted by Gasteiger charge is 2.18. The summed E-state index contributed by atoms with van der Waals surface area (Å²) in [4.78, 5) is 2.38. The zero-order chi connectivity index (χ0) is 13.7. The van der Waals surface area contributed by atoms with Gasteiger partial charge in [-0.2, -0.15) is 0 Å². The lowest BCUT2D eigenvalue weighted by Gasteiger charge is -2.32. The van der Waals surface area contributed by atoms with Gasteiger partial charge in [0.1, 0.15) is 12.4 Å². The van der Waals surface area contributed by atoms with Gasteiger partial charge in [-0.15, -0.1) is 0 Å². The number of unbranched alkanes of at least 4 members (excludes halogenated alkanes) is 3. The first-order chi connectivity index (χ1) is 9.22. The van der Waals surface area contributed by atoms with Gasteiger partial charge < -0.3 is 20.5 Å². The van der Waals surface area contributed by atoms with Crippen LogP contribution in [0.25, 0.3) is 0 Å². The third-order valence-corrected chi connectivity index (χ3v) is 3.64. The molecule has 4 heteroatoms. The molecule has 0 aromatic heterocycles. The first-order valence-corrected chi connectivity index (χ1v) is 7.11. The van der Waals surface area contributed by atoms with E-state index in [1.165, 1.54) is 12.1 Å². The van der Waals surface area contributed by atoms with Gasteiger partial charge in [0.2, 0.25) is 0 Å². The van der Waals surface area contributed by atoms with Crippen molar-refractivity contribution < 1.29 is 9.84 Å². The van der Waals surface area contributed by atoms with Crippen molar-refractivity contribution in [2.45, 2.75) is 32.6 Å². The van der Waals surface area contributed by atoms with E-state index in [9.17, 15) is 0 Å². The second-order valence-corrected chi connectivity index (χ2v) is 5.15. The first kappa shape index (κ1) is 14.0. The van der Waals surface area contributed by atoms with Crippen LogP contribution >= 0.6 is 0 Å². The summed E-state index contributed by atoms with van der Waals surface area (Å²) in [5, 5.41) is 8.76. The quantitative estimate of drug-likeness (QED) is 0.611. The molecule has 0 saturated carbocycles. The number of aliphatic hydroxyl groups excluding tert-OH is 1. The lowest BCUT2D eigenvalue weighted by atomic mass is 10.1. The van der Waals surface area contributed by atoms with Crippen LogP contribution in [0.1, 0.15) is 31.2 Å². The summed E-state index contributed by atoms with van der Waals surface area (Å²) in [5.74, 6) is 0.907. The summed E-state index contributed by atoms with van der Waals surface area (Å²) in [5.41, 5.74) is 8.99. The normalized spacial score (nSPS) is 14.1. The Balaban J connectivity index is 1.95. The number of anilines is 2. The van der Waals surface area contributed by atoms with Crippen LogP contribution in [-0.2, 0) is 0 Å². The maximum absolute atomic E-state index is 8.76. The third-order valence-electron chi connectivity index (χ3n) is 3.64. The van der Waals surface area contributed by atoms with Crippen molar-refractivity contribution in [3.63, 3.8) is 0 Å². The molecule has 1 heterocycles. The van der Waals surface area contributed by atoms with Crippen molar-refractivity contribution in [1.82, 2.24) is 0 Å². The Labute approximate surface area is 115 Å². The van der Waals surface area contributed by atoms with Crippen molar-refractivity contribution in [2.75, 3.05) is 36.9 Å². The van der Waals surface area contributed by atoms with Gasteiger partial charge in [-0.05, 0) is 31.4 Å². The fourth-order valence-corrected chi connectivity index (χ4v) is 2.44. The van der Waals surface area contributed by atoms with E-state index < -0.39 is 0 Å². The zero-order valence-electron chi connectivity index (χ0n) is 11.7. The van der Waals surface area contributed by atoms with Gasteiger partial charge in [-0.25, -0.2) is 0 Å². The molecular formula is C15H24N2O2. The largest absolute Gasteiger partial charge is 0.489 e. The van der Waals surface area contributed by atoms with E-state index >= 15 is 0 Å². The smallest absolute Gasteiger partial charge is 0.144 e. The number of hydrogen-bond acceptors (Lipinski definition) is 4. The molecule has 0 fully saturated rings. The number of aliphatic hydroxyl groups is 1. The molecule has 0 saturated heterocycles. The molecule has 0 spiro atoms. The van der Waals surface area contributed by atoms with Crippen LogP contribution in [0.2, 0.25) is 0 Å². The predicted octanol–water partition coefficient (Wildman–Crippen LogP) is 2.33. The Hall–Kier alpha value is -1.42. The van der Waals surface area contributed by atoms with Crippen LogP contribution in [0.4, 0.5) is 11.4 Å². The second kappa shape index (κ2) is 6.66. The summed E-state index contributed by atoms with van der Waals surface area (Å²) in [6.45, 7) is 5.05. The van der Waals surface area contributed by atoms with E-state index in [1.54, 1.807) is 0 Å². The van der Waals surface area contributed by atoms with Crippen LogP contribution in [0.15, 0.2) is 12.1 Å². The SMILES string of the molecule is Cc1cc2c(cc1N)OCCN2CCCCCCO. The fraction of sp³-hybridized carbons (Fsp3) is 0.600. The third kappa shape index (κ3) is 3.53. The Morgan fingerprint density at radius 1 is 1.26 bits per heavy atom. The molecule has 2 rings (SSSR count). The van der Waals surface area contributed by atoms with E-state index in [0.29, 0.717) is 6.61 Å². The van der Waals surface area contributed by atoms with Gasteiger partial charge in [-0.3, -0.25) is 0 Å². The highest BCUT2D eigenvalue weighted by molar-refractivity contribution is 5.68. The summed E-state index contributed by atoms with van der Waals surface area (Å²) < 4.78 is 5.68. The van der Waals surface area contributed by atoms with E-state index in [1.807, 2.05) is 13.0 Å². The summed E-state index contributed by atoms with van der Waals surface area (Å²) in [6.07, 6.45) is 4.34. The summed E-state index contributed by atoms with van der Waals surface area (Å²) in [6, 6.07) is 4.06. The molecule has 106 valence electrons. The molecule has 0 unspecified atom stereocenters. The number of rotatable bonds is 6. The molecule has 0 aliphatic carbocycles. The minimum atomic E-state index is 0.304. The minimum absolute atomic E-state index is 0.304. The average Bonchev–Trinajstić information content (AvgIpc) is 2.40. The minimum Gasteiger partial charge on any atom is -0.489 e. The van der Waals surface area contributed by atoms with Crippen LogP contribution < -0.4 is 15.4 Å². The molecule has 0 atom stereocenters. The van der Waals surface area contributed by atoms with Gasteiger partial charge in [-0.1, -0.05) is 12.8 Å². The van der Waals surface area contributed by atoms with Crippen LogP contribution in [-0.4, -0.2) is 31.4 Å². The Kier molecular flexibility index (Phi) is 4.91. The first-order valence-electron chi connectivity index (χ1n) is 7.11. The van der Waals surface area contributed by atoms with Crippen LogP contribution in [0.5, 0.6) is 5.75 Å². The number of aryl methyl sites for hydroxylation is 1. The number of fused-ring (bicyclic) bond motifs is 1. The van der Waals surface area contributed by atoms with Crippen molar-refractivity contribution in [3.8, 4) is 5.75 Å². The van der Waals surface area contributed by atoms with E-state index in [4.69, 9.17) is 15.6 Å². The van der Waals surface area contributed by atoms with Crippen molar-refractivity contribution >= 4 is 11.4 Å².